The quantitative estimate of drug-likeness (QED) is 0.819. The lowest BCUT2D eigenvalue weighted by molar-refractivity contribution is -0.160. The first kappa shape index (κ1) is 18.0. The van der Waals surface area contributed by atoms with E-state index in [-0.39, 0.29) is 0 Å². The molecule has 0 spiro atoms. The minimum absolute atomic E-state index is 0.487. The monoisotopic (exact) mass is 348 g/mol. The van der Waals surface area contributed by atoms with Crippen LogP contribution in [0.5, 0.6) is 11.5 Å². The maximum absolute atomic E-state index is 12.0. The number of benzene rings is 1. The number of aliphatic carboxylic acids is 1. The van der Waals surface area contributed by atoms with Gasteiger partial charge in [0, 0.05) is 32.5 Å². The summed E-state index contributed by atoms with van der Waals surface area (Å²) in [6.45, 7) is 4.72. The van der Waals surface area contributed by atoms with Crippen LogP contribution in [0.15, 0.2) is 24.3 Å². The van der Waals surface area contributed by atoms with Crippen LogP contribution in [0.25, 0.3) is 0 Å². The highest BCUT2D eigenvalue weighted by molar-refractivity contribution is 5.78. The van der Waals surface area contributed by atoms with Gasteiger partial charge < -0.3 is 24.8 Å². The molecule has 2 heterocycles. The predicted octanol–water partition coefficient (Wildman–Crippen LogP) is 1.99. The number of hydrogen-bond donors (Lipinski definition) is 2. The minimum Gasteiger partial charge on any atom is -0.493 e. The number of carbonyl (C=O) groups is 1. The molecule has 2 N–H and O–H groups in total. The number of para-hydroxylation sites is 2. The van der Waals surface area contributed by atoms with Crippen molar-refractivity contribution >= 4 is 5.97 Å². The Morgan fingerprint density at radius 3 is 2.64 bits per heavy atom. The molecule has 25 heavy (non-hydrogen) atoms. The summed E-state index contributed by atoms with van der Waals surface area (Å²) >= 11 is 0. The van der Waals surface area contributed by atoms with Crippen LogP contribution < -0.4 is 14.8 Å². The van der Waals surface area contributed by atoms with Gasteiger partial charge >= 0.3 is 5.97 Å². The van der Waals surface area contributed by atoms with E-state index in [1.54, 1.807) is 19.2 Å². The lowest BCUT2D eigenvalue weighted by Gasteiger charge is -2.40. The summed E-state index contributed by atoms with van der Waals surface area (Å²) in [4.78, 5) is 14.4. The van der Waals surface area contributed by atoms with Crippen LogP contribution in [-0.4, -0.2) is 61.4 Å². The second-order valence-corrected chi connectivity index (χ2v) is 7.07. The minimum atomic E-state index is -1.17. The van der Waals surface area contributed by atoms with E-state index >= 15 is 0 Å². The van der Waals surface area contributed by atoms with E-state index in [1.807, 2.05) is 12.1 Å². The molecule has 6 heteroatoms. The van der Waals surface area contributed by atoms with Crippen molar-refractivity contribution in [1.29, 1.82) is 0 Å². The van der Waals surface area contributed by atoms with Crippen LogP contribution in [-0.2, 0) is 4.79 Å². The van der Waals surface area contributed by atoms with E-state index in [2.05, 4.69) is 10.2 Å². The molecule has 1 atom stereocenters. The average Bonchev–Trinajstić information content (AvgIpc) is 2.64. The lowest BCUT2D eigenvalue weighted by Crippen LogP contribution is -2.54. The third-order valence-corrected chi connectivity index (χ3v) is 5.34. The molecule has 0 amide bonds. The smallest absolute Gasteiger partial charge is 0.348 e. The zero-order chi connectivity index (χ0) is 17.7. The Hall–Kier alpha value is -1.79. The van der Waals surface area contributed by atoms with E-state index in [0.717, 1.165) is 32.7 Å². The number of likely N-dealkylation sites (tertiary alicyclic amines) is 1. The van der Waals surface area contributed by atoms with Gasteiger partial charge in [0.15, 0.2) is 11.5 Å². The van der Waals surface area contributed by atoms with Crippen LogP contribution in [0.4, 0.5) is 0 Å². The number of carboxylic acids is 1. The molecule has 3 rings (SSSR count). The van der Waals surface area contributed by atoms with E-state index in [4.69, 9.17) is 9.47 Å². The Labute approximate surface area is 149 Å². The molecule has 0 aromatic heterocycles. The molecule has 2 fully saturated rings. The van der Waals surface area contributed by atoms with Crippen molar-refractivity contribution in [3.05, 3.63) is 24.3 Å². The molecule has 0 aliphatic carbocycles. The van der Waals surface area contributed by atoms with Gasteiger partial charge in [-0.3, -0.25) is 0 Å². The van der Waals surface area contributed by atoms with Crippen molar-refractivity contribution in [1.82, 2.24) is 10.2 Å². The van der Waals surface area contributed by atoms with Crippen LogP contribution in [0.1, 0.15) is 25.7 Å². The third kappa shape index (κ3) is 4.25. The van der Waals surface area contributed by atoms with Crippen LogP contribution in [0.3, 0.4) is 0 Å². The topological polar surface area (TPSA) is 71.0 Å². The Kier molecular flexibility index (Phi) is 5.81. The number of carboxylic acid groups (broad SMARTS) is 1. The summed E-state index contributed by atoms with van der Waals surface area (Å²) in [6.07, 6.45) is 3.46. The highest BCUT2D eigenvalue weighted by Crippen LogP contribution is 2.35. The zero-order valence-electron chi connectivity index (χ0n) is 14.9. The zero-order valence-corrected chi connectivity index (χ0v) is 14.9. The number of hydrogen-bond acceptors (Lipinski definition) is 5. The van der Waals surface area contributed by atoms with Crippen molar-refractivity contribution in [3.63, 3.8) is 0 Å². The van der Waals surface area contributed by atoms with Gasteiger partial charge in [0.05, 0.1) is 7.11 Å². The summed E-state index contributed by atoms with van der Waals surface area (Å²) in [7, 11) is 1.57. The fraction of sp³-hybridized carbons (Fsp3) is 0.632. The van der Waals surface area contributed by atoms with Gasteiger partial charge in [0.2, 0.25) is 5.60 Å². The van der Waals surface area contributed by atoms with Gasteiger partial charge in [-0.2, -0.15) is 0 Å². The lowest BCUT2D eigenvalue weighted by atomic mass is 9.89. The van der Waals surface area contributed by atoms with Crippen LogP contribution in [0.2, 0.25) is 0 Å². The Morgan fingerprint density at radius 1 is 1.32 bits per heavy atom. The molecule has 1 aromatic rings. The first-order valence-electron chi connectivity index (χ1n) is 9.11. The second-order valence-electron chi connectivity index (χ2n) is 7.07. The molecule has 0 radical (unpaired) electrons. The Bertz CT molecular complexity index is 579. The van der Waals surface area contributed by atoms with Crippen molar-refractivity contribution in [2.24, 2.45) is 5.92 Å². The van der Waals surface area contributed by atoms with Crippen LogP contribution >= 0.6 is 0 Å². The molecular weight excluding hydrogens is 320 g/mol. The first-order chi connectivity index (χ1) is 12.1. The van der Waals surface area contributed by atoms with Crippen molar-refractivity contribution in [2.45, 2.75) is 31.3 Å². The molecule has 138 valence electrons. The number of piperidine rings is 2. The third-order valence-electron chi connectivity index (χ3n) is 5.34. The largest absolute Gasteiger partial charge is 0.493 e. The fourth-order valence-electron chi connectivity index (χ4n) is 3.81. The molecule has 2 aliphatic rings. The van der Waals surface area contributed by atoms with Gasteiger partial charge in [-0.15, -0.1) is 0 Å². The molecular formula is C19H28N2O4. The summed E-state index contributed by atoms with van der Waals surface area (Å²) in [5, 5.41) is 13.3. The van der Waals surface area contributed by atoms with E-state index < -0.39 is 11.6 Å². The molecule has 0 saturated carbocycles. The summed E-state index contributed by atoms with van der Waals surface area (Å²) in [5.74, 6) is 0.842. The number of nitrogens with one attached hydrogen (secondary N) is 1. The maximum Gasteiger partial charge on any atom is 0.348 e. The molecule has 0 bridgehead atoms. The van der Waals surface area contributed by atoms with Crippen molar-refractivity contribution < 1.29 is 19.4 Å². The molecule has 1 unspecified atom stereocenters. The molecule has 2 aliphatic heterocycles. The number of methoxy groups -OCH3 is 1. The van der Waals surface area contributed by atoms with E-state index in [1.165, 1.54) is 12.8 Å². The fourth-order valence-corrected chi connectivity index (χ4v) is 3.81. The Morgan fingerprint density at radius 2 is 2.04 bits per heavy atom. The standard InChI is InChI=1S/C19H28N2O4/c1-24-16-6-2-3-7-17(16)25-19(18(22)23)8-11-21(12-9-19)14-15-5-4-10-20-13-15/h2-3,6-7,15,20H,4-5,8-14H2,1H3,(H,22,23). The molecule has 1 aromatic carbocycles. The number of ether oxygens (including phenoxy) is 2. The SMILES string of the molecule is COc1ccccc1OC1(C(=O)O)CCN(CC2CCCNC2)CC1. The van der Waals surface area contributed by atoms with E-state index in [0.29, 0.717) is 30.3 Å². The van der Waals surface area contributed by atoms with Gasteiger partial charge in [0.1, 0.15) is 0 Å². The Balaban J connectivity index is 1.63. The van der Waals surface area contributed by atoms with Gasteiger partial charge in [-0.25, -0.2) is 4.79 Å². The number of rotatable bonds is 6. The molecule has 6 nitrogen and oxygen atoms in total. The van der Waals surface area contributed by atoms with Gasteiger partial charge in [-0.1, -0.05) is 12.1 Å². The van der Waals surface area contributed by atoms with Crippen molar-refractivity contribution in [2.75, 3.05) is 39.8 Å². The highest BCUT2D eigenvalue weighted by Gasteiger charge is 2.44. The summed E-state index contributed by atoms with van der Waals surface area (Å²) in [6, 6.07) is 7.23. The van der Waals surface area contributed by atoms with E-state index in [9.17, 15) is 9.90 Å². The number of nitrogens with zero attached hydrogens (tertiary/aromatic N) is 1. The maximum atomic E-state index is 12.0. The first-order valence-corrected chi connectivity index (χ1v) is 9.11. The summed E-state index contributed by atoms with van der Waals surface area (Å²) < 4.78 is 11.3. The van der Waals surface area contributed by atoms with Crippen molar-refractivity contribution in [3.8, 4) is 11.5 Å². The average molecular weight is 348 g/mol. The van der Waals surface area contributed by atoms with Crippen LogP contribution in [0, 0.1) is 5.92 Å². The van der Waals surface area contributed by atoms with Gasteiger partial charge in [0.25, 0.3) is 0 Å². The highest BCUT2D eigenvalue weighted by atomic mass is 16.5. The predicted molar refractivity (Wildman–Crippen MR) is 95.3 cm³/mol. The van der Waals surface area contributed by atoms with Gasteiger partial charge in [-0.05, 0) is 44.0 Å². The molecule has 2 saturated heterocycles. The second kappa shape index (κ2) is 8.06. The normalized spacial score (nSPS) is 23.8. The summed E-state index contributed by atoms with van der Waals surface area (Å²) in [5.41, 5.74) is -1.17.